The molecule has 1 rings (SSSR count). The number of rotatable bonds is 8. The topological polar surface area (TPSA) is 33.7 Å². The minimum absolute atomic E-state index is 0.239. The molecule has 0 saturated carbocycles. The molecule has 1 heterocycles. The first kappa shape index (κ1) is 17.7. The van der Waals surface area contributed by atoms with E-state index in [0.717, 1.165) is 12.8 Å². The predicted octanol–water partition coefficient (Wildman–Crippen LogP) is 2.00. The zero-order chi connectivity index (χ0) is 15.0. The summed E-state index contributed by atoms with van der Waals surface area (Å²) >= 11 is 0. The number of likely N-dealkylation sites (tertiary alicyclic amines) is 1. The van der Waals surface area contributed by atoms with Crippen molar-refractivity contribution < 1.29 is 22.6 Å². The van der Waals surface area contributed by atoms with Crippen molar-refractivity contribution in [2.75, 3.05) is 39.4 Å². The van der Waals surface area contributed by atoms with Crippen molar-refractivity contribution in [3.63, 3.8) is 0 Å². The zero-order valence-corrected chi connectivity index (χ0v) is 12.2. The minimum Gasteiger partial charge on any atom is -0.352 e. The van der Waals surface area contributed by atoms with Gasteiger partial charge in [-0.25, -0.2) is 0 Å². The third-order valence-corrected chi connectivity index (χ3v) is 3.27. The molecule has 1 aliphatic rings. The van der Waals surface area contributed by atoms with Gasteiger partial charge in [0.05, 0.1) is 6.54 Å². The van der Waals surface area contributed by atoms with Crippen LogP contribution in [0.5, 0.6) is 0 Å². The monoisotopic (exact) mass is 298 g/mol. The molecular formula is C13H25F3N2O2. The molecule has 1 aliphatic heterocycles. The molecule has 0 bridgehead atoms. The summed E-state index contributed by atoms with van der Waals surface area (Å²) in [6, 6.07) is 0.239. The summed E-state index contributed by atoms with van der Waals surface area (Å²) < 4.78 is 47.6. The summed E-state index contributed by atoms with van der Waals surface area (Å²) in [5, 5.41) is 3.32. The van der Waals surface area contributed by atoms with Gasteiger partial charge in [-0.1, -0.05) is 0 Å². The van der Waals surface area contributed by atoms with Gasteiger partial charge in [-0.3, -0.25) is 4.90 Å². The summed E-state index contributed by atoms with van der Waals surface area (Å²) in [4.78, 5) is 1.46. The maximum absolute atomic E-state index is 12.3. The Kier molecular flexibility index (Phi) is 7.79. The maximum Gasteiger partial charge on any atom is 0.401 e. The van der Waals surface area contributed by atoms with E-state index in [2.05, 4.69) is 5.32 Å². The van der Waals surface area contributed by atoms with Crippen LogP contribution in [0.4, 0.5) is 13.2 Å². The fraction of sp³-hybridized carbons (Fsp3) is 1.00. The fourth-order valence-electron chi connectivity index (χ4n) is 2.35. The molecule has 0 aromatic rings. The largest absolute Gasteiger partial charge is 0.401 e. The van der Waals surface area contributed by atoms with Crippen LogP contribution in [0.25, 0.3) is 0 Å². The van der Waals surface area contributed by atoms with Crippen LogP contribution < -0.4 is 5.32 Å². The highest BCUT2D eigenvalue weighted by atomic mass is 19.4. The average molecular weight is 298 g/mol. The lowest BCUT2D eigenvalue weighted by Crippen LogP contribution is -2.47. The third kappa shape index (κ3) is 7.42. The average Bonchev–Trinajstić information content (AvgIpc) is 2.36. The van der Waals surface area contributed by atoms with E-state index in [1.165, 1.54) is 4.90 Å². The van der Waals surface area contributed by atoms with Crippen LogP contribution >= 0.6 is 0 Å². The van der Waals surface area contributed by atoms with Crippen LogP contribution in [0.15, 0.2) is 0 Å². The standard InChI is InChI=1S/C13H25F3N2O2/c1-3-19-12(20-4-2)9-17-11-5-7-18(8-6-11)10-13(14,15)16/h11-12,17H,3-10H2,1-2H3. The first-order valence-electron chi connectivity index (χ1n) is 7.20. The van der Waals surface area contributed by atoms with Crippen molar-refractivity contribution in [1.29, 1.82) is 0 Å². The third-order valence-electron chi connectivity index (χ3n) is 3.27. The Morgan fingerprint density at radius 2 is 1.70 bits per heavy atom. The highest BCUT2D eigenvalue weighted by Crippen LogP contribution is 2.19. The van der Waals surface area contributed by atoms with Gasteiger partial charge in [-0.2, -0.15) is 13.2 Å². The van der Waals surface area contributed by atoms with Crippen LogP contribution in [-0.2, 0) is 9.47 Å². The predicted molar refractivity (Wildman–Crippen MR) is 70.6 cm³/mol. The number of nitrogens with one attached hydrogen (secondary N) is 1. The number of ether oxygens (including phenoxy) is 2. The Morgan fingerprint density at radius 3 is 2.15 bits per heavy atom. The van der Waals surface area contributed by atoms with Gasteiger partial charge in [0.25, 0.3) is 0 Å². The Labute approximate surface area is 118 Å². The van der Waals surface area contributed by atoms with Gasteiger partial charge in [0.1, 0.15) is 0 Å². The molecule has 1 saturated heterocycles. The molecule has 0 aromatic carbocycles. The second-order valence-electron chi connectivity index (χ2n) is 4.91. The summed E-state index contributed by atoms with van der Waals surface area (Å²) in [6.07, 6.45) is -2.93. The Balaban J connectivity index is 2.21. The maximum atomic E-state index is 12.3. The summed E-state index contributed by atoms with van der Waals surface area (Å²) in [6.45, 7) is 5.69. The number of nitrogens with zero attached hydrogens (tertiary/aromatic N) is 1. The molecule has 20 heavy (non-hydrogen) atoms. The molecule has 1 fully saturated rings. The molecule has 4 nitrogen and oxygen atoms in total. The molecule has 0 aromatic heterocycles. The van der Waals surface area contributed by atoms with Crippen LogP contribution in [-0.4, -0.2) is 62.8 Å². The van der Waals surface area contributed by atoms with E-state index in [1.54, 1.807) is 0 Å². The van der Waals surface area contributed by atoms with Crippen LogP contribution in [0.2, 0.25) is 0 Å². The molecule has 1 N–H and O–H groups in total. The quantitative estimate of drug-likeness (QED) is 0.695. The summed E-state index contributed by atoms with van der Waals surface area (Å²) in [5.41, 5.74) is 0. The van der Waals surface area contributed by atoms with E-state index in [0.29, 0.717) is 32.8 Å². The molecule has 0 spiro atoms. The van der Waals surface area contributed by atoms with Crippen molar-refractivity contribution in [2.45, 2.75) is 45.2 Å². The second kappa shape index (κ2) is 8.81. The van der Waals surface area contributed by atoms with Crippen molar-refractivity contribution >= 4 is 0 Å². The molecule has 7 heteroatoms. The van der Waals surface area contributed by atoms with E-state index in [-0.39, 0.29) is 12.3 Å². The highest BCUT2D eigenvalue weighted by Gasteiger charge is 2.32. The van der Waals surface area contributed by atoms with E-state index in [4.69, 9.17) is 9.47 Å². The molecule has 0 amide bonds. The smallest absolute Gasteiger partial charge is 0.352 e. The van der Waals surface area contributed by atoms with Crippen molar-refractivity contribution in [3.05, 3.63) is 0 Å². The minimum atomic E-state index is -4.10. The lowest BCUT2D eigenvalue weighted by molar-refractivity contribution is -0.148. The van der Waals surface area contributed by atoms with Crippen LogP contribution in [0, 0.1) is 0 Å². The lowest BCUT2D eigenvalue weighted by Gasteiger charge is -2.33. The molecule has 0 unspecified atom stereocenters. The highest BCUT2D eigenvalue weighted by molar-refractivity contribution is 4.78. The summed E-state index contributed by atoms with van der Waals surface area (Å²) in [5.74, 6) is 0. The Morgan fingerprint density at radius 1 is 1.15 bits per heavy atom. The van der Waals surface area contributed by atoms with E-state index in [9.17, 15) is 13.2 Å². The van der Waals surface area contributed by atoms with Crippen molar-refractivity contribution in [1.82, 2.24) is 10.2 Å². The van der Waals surface area contributed by atoms with Gasteiger partial charge in [-0.05, 0) is 39.8 Å². The first-order chi connectivity index (χ1) is 9.44. The van der Waals surface area contributed by atoms with E-state index in [1.807, 2.05) is 13.8 Å². The Hall–Kier alpha value is -0.370. The molecular weight excluding hydrogens is 273 g/mol. The molecule has 0 atom stereocenters. The van der Waals surface area contributed by atoms with Crippen LogP contribution in [0.3, 0.4) is 0 Å². The van der Waals surface area contributed by atoms with Crippen molar-refractivity contribution in [2.24, 2.45) is 0 Å². The summed E-state index contributed by atoms with van der Waals surface area (Å²) in [7, 11) is 0. The van der Waals surface area contributed by atoms with E-state index < -0.39 is 12.7 Å². The van der Waals surface area contributed by atoms with Crippen molar-refractivity contribution in [3.8, 4) is 0 Å². The van der Waals surface area contributed by atoms with Crippen LogP contribution in [0.1, 0.15) is 26.7 Å². The number of halogens is 3. The van der Waals surface area contributed by atoms with Gasteiger partial charge >= 0.3 is 6.18 Å². The molecule has 120 valence electrons. The van der Waals surface area contributed by atoms with Gasteiger partial charge in [0.2, 0.25) is 0 Å². The first-order valence-corrected chi connectivity index (χ1v) is 7.20. The Bertz CT molecular complexity index is 250. The number of alkyl halides is 3. The van der Waals surface area contributed by atoms with E-state index >= 15 is 0 Å². The lowest BCUT2D eigenvalue weighted by atomic mass is 10.1. The SMILES string of the molecule is CCOC(CNC1CCN(CC(F)(F)F)CC1)OCC. The number of piperidine rings is 1. The van der Waals surface area contributed by atoms with Gasteiger partial charge in [0.15, 0.2) is 6.29 Å². The zero-order valence-electron chi connectivity index (χ0n) is 12.2. The molecule has 0 radical (unpaired) electrons. The van der Waals surface area contributed by atoms with Gasteiger partial charge < -0.3 is 14.8 Å². The van der Waals surface area contributed by atoms with Gasteiger partial charge in [-0.15, -0.1) is 0 Å². The molecule has 0 aliphatic carbocycles. The fourth-order valence-corrected chi connectivity index (χ4v) is 2.35. The normalized spacial score (nSPS) is 18.9. The van der Waals surface area contributed by atoms with Gasteiger partial charge in [0, 0.05) is 25.8 Å². The number of hydrogen-bond donors (Lipinski definition) is 1. The second-order valence-corrected chi connectivity index (χ2v) is 4.91. The number of hydrogen-bond acceptors (Lipinski definition) is 4.